The van der Waals surface area contributed by atoms with E-state index in [2.05, 4.69) is 198 Å². The standard InChI is InChI=1S/C52H40/c1-51(2)47-21-13-11-18-41(47)44-31-36(25-29-48(44)51)50-43-19-9-8-16-37(43)38(26-22-33-14-6-5-7-15-33)39-27-23-34(30-45(39)50)35-24-28-42-40-17-10-12-20-46(40)52(3,4)49(42)32-35/h5-32H,1-4H3. The van der Waals surface area contributed by atoms with E-state index in [1.807, 2.05) is 0 Å². The lowest BCUT2D eigenvalue weighted by atomic mass is 9.81. The molecule has 0 atom stereocenters. The minimum atomic E-state index is -0.0516. The largest absolute Gasteiger partial charge is 0.0622 e. The first-order chi connectivity index (χ1) is 25.3. The zero-order valence-electron chi connectivity index (χ0n) is 30.2. The van der Waals surface area contributed by atoms with Crippen LogP contribution < -0.4 is 0 Å². The Labute approximate surface area is 306 Å². The summed E-state index contributed by atoms with van der Waals surface area (Å²) in [5, 5.41) is 5.08. The van der Waals surface area contributed by atoms with Gasteiger partial charge in [-0.15, -0.1) is 0 Å². The highest BCUT2D eigenvalue weighted by molar-refractivity contribution is 6.19. The van der Waals surface area contributed by atoms with E-state index < -0.39 is 0 Å². The van der Waals surface area contributed by atoms with E-state index in [1.165, 1.54) is 99.4 Å². The zero-order valence-corrected chi connectivity index (χ0v) is 30.2. The van der Waals surface area contributed by atoms with Crippen molar-refractivity contribution in [1.82, 2.24) is 0 Å². The van der Waals surface area contributed by atoms with Gasteiger partial charge < -0.3 is 0 Å². The van der Waals surface area contributed by atoms with Crippen molar-refractivity contribution in [1.29, 1.82) is 0 Å². The molecule has 0 N–H and O–H groups in total. The molecule has 52 heavy (non-hydrogen) atoms. The summed E-state index contributed by atoms with van der Waals surface area (Å²) in [5.74, 6) is 0. The summed E-state index contributed by atoms with van der Waals surface area (Å²) in [4.78, 5) is 0. The molecule has 0 bridgehead atoms. The summed E-state index contributed by atoms with van der Waals surface area (Å²) in [6.07, 6.45) is 4.57. The van der Waals surface area contributed by atoms with Crippen molar-refractivity contribution in [2.45, 2.75) is 38.5 Å². The summed E-state index contributed by atoms with van der Waals surface area (Å²) in [7, 11) is 0. The van der Waals surface area contributed by atoms with Crippen LogP contribution in [0.2, 0.25) is 0 Å². The van der Waals surface area contributed by atoms with Crippen molar-refractivity contribution in [3.05, 3.63) is 191 Å². The van der Waals surface area contributed by atoms with Crippen LogP contribution in [0.5, 0.6) is 0 Å². The van der Waals surface area contributed by atoms with Crippen LogP contribution in [0, 0.1) is 0 Å². The number of rotatable bonds is 4. The quantitative estimate of drug-likeness (QED) is 0.130. The van der Waals surface area contributed by atoms with Gasteiger partial charge in [-0.05, 0) is 118 Å². The van der Waals surface area contributed by atoms with Crippen molar-refractivity contribution in [3.63, 3.8) is 0 Å². The molecule has 0 heteroatoms. The third-order valence-corrected chi connectivity index (χ3v) is 12.1. The van der Waals surface area contributed by atoms with Gasteiger partial charge in [0.25, 0.3) is 0 Å². The van der Waals surface area contributed by atoms with Gasteiger partial charge in [0.1, 0.15) is 0 Å². The Balaban J connectivity index is 1.23. The third-order valence-electron chi connectivity index (χ3n) is 12.1. The Bertz CT molecular complexity index is 2770. The van der Waals surface area contributed by atoms with Crippen LogP contribution in [0.15, 0.2) is 158 Å². The normalized spacial score (nSPS) is 14.8. The van der Waals surface area contributed by atoms with Gasteiger partial charge in [0.2, 0.25) is 0 Å². The van der Waals surface area contributed by atoms with Crippen molar-refractivity contribution < 1.29 is 0 Å². The summed E-state index contributed by atoms with van der Waals surface area (Å²) in [5.41, 5.74) is 18.4. The van der Waals surface area contributed by atoms with Crippen LogP contribution >= 0.6 is 0 Å². The van der Waals surface area contributed by atoms with Crippen LogP contribution in [0.1, 0.15) is 61.1 Å². The Hall–Kier alpha value is -5.98. The molecule has 248 valence electrons. The van der Waals surface area contributed by atoms with Gasteiger partial charge in [0, 0.05) is 10.8 Å². The minimum absolute atomic E-state index is 0.0329. The van der Waals surface area contributed by atoms with E-state index in [4.69, 9.17) is 0 Å². The molecule has 0 aliphatic heterocycles. The predicted octanol–water partition coefficient (Wildman–Crippen LogP) is 14.1. The Morgan fingerprint density at radius 1 is 0.346 bits per heavy atom. The number of hydrogen-bond donors (Lipinski definition) is 0. The molecule has 0 amide bonds. The van der Waals surface area contributed by atoms with Crippen LogP contribution in [0.4, 0.5) is 0 Å². The van der Waals surface area contributed by atoms with E-state index in [0.29, 0.717) is 0 Å². The molecule has 0 aromatic heterocycles. The maximum atomic E-state index is 2.46. The maximum Gasteiger partial charge on any atom is 0.0159 e. The van der Waals surface area contributed by atoms with Gasteiger partial charge >= 0.3 is 0 Å². The molecule has 0 heterocycles. The molecule has 0 spiro atoms. The number of benzene rings is 8. The van der Waals surface area contributed by atoms with Gasteiger partial charge in [-0.1, -0.05) is 179 Å². The predicted molar refractivity (Wildman–Crippen MR) is 223 cm³/mol. The first-order valence-electron chi connectivity index (χ1n) is 18.5. The van der Waals surface area contributed by atoms with E-state index in [9.17, 15) is 0 Å². The highest BCUT2D eigenvalue weighted by Crippen LogP contribution is 2.52. The van der Waals surface area contributed by atoms with Crippen molar-refractivity contribution in [2.24, 2.45) is 0 Å². The summed E-state index contributed by atoms with van der Waals surface area (Å²) in [6, 6.07) is 59.0. The van der Waals surface area contributed by atoms with Crippen molar-refractivity contribution >= 4 is 33.7 Å². The third kappa shape index (κ3) is 4.47. The van der Waals surface area contributed by atoms with Crippen LogP contribution in [-0.2, 0) is 10.8 Å². The molecule has 0 unspecified atom stereocenters. The Morgan fingerprint density at radius 2 is 0.885 bits per heavy atom. The van der Waals surface area contributed by atoms with Gasteiger partial charge in [-0.2, -0.15) is 0 Å². The maximum absolute atomic E-state index is 2.46. The highest BCUT2D eigenvalue weighted by Gasteiger charge is 2.36. The molecule has 0 radical (unpaired) electrons. The summed E-state index contributed by atoms with van der Waals surface area (Å²) in [6.45, 7) is 9.45. The fraction of sp³-hybridized carbons (Fsp3) is 0.115. The van der Waals surface area contributed by atoms with Crippen LogP contribution in [0.3, 0.4) is 0 Å². The molecule has 0 fully saturated rings. The Kier molecular flexibility index (Phi) is 6.67. The van der Waals surface area contributed by atoms with Gasteiger partial charge in [0.15, 0.2) is 0 Å². The smallest absolute Gasteiger partial charge is 0.0159 e. The van der Waals surface area contributed by atoms with Gasteiger partial charge in [-0.3, -0.25) is 0 Å². The molecule has 2 aliphatic rings. The fourth-order valence-electron chi connectivity index (χ4n) is 9.39. The molecular weight excluding hydrogens is 625 g/mol. The molecular formula is C52H40. The second-order valence-corrected chi connectivity index (χ2v) is 15.7. The number of fused-ring (bicyclic) bond motifs is 8. The lowest BCUT2D eigenvalue weighted by Gasteiger charge is -2.22. The second-order valence-electron chi connectivity index (χ2n) is 15.7. The zero-order chi connectivity index (χ0) is 35.2. The van der Waals surface area contributed by atoms with Crippen LogP contribution in [-0.4, -0.2) is 0 Å². The lowest BCUT2D eigenvalue weighted by Crippen LogP contribution is -2.14. The highest BCUT2D eigenvalue weighted by atomic mass is 14.4. The van der Waals surface area contributed by atoms with Crippen molar-refractivity contribution in [3.8, 4) is 44.5 Å². The first kappa shape index (κ1) is 30.8. The van der Waals surface area contributed by atoms with E-state index in [-0.39, 0.29) is 10.8 Å². The first-order valence-corrected chi connectivity index (χ1v) is 18.5. The van der Waals surface area contributed by atoms with E-state index in [1.54, 1.807) is 0 Å². The molecule has 2 aliphatic carbocycles. The number of hydrogen-bond acceptors (Lipinski definition) is 0. The molecule has 8 aromatic carbocycles. The molecule has 0 nitrogen and oxygen atoms in total. The summed E-state index contributed by atoms with van der Waals surface area (Å²) < 4.78 is 0. The molecule has 0 saturated heterocycles. The second kappa shape index (κ2) is 11.3. The topological polar surface area (TPSA) is 0 Å². The van der Waals surface area contributed by atoms with Gasteiger partial charge in [-0.25, -0.2) is 0 Å². The molecule has 8 aromatic rings. The van der Waals surface area contributed by atoms with Crippen molar-refractivity contribution in [2.75, 3.05) is 0 Å². The monoisotopic (exact) mass is 664 g/mol. The minimum Gasteiger partial charge on any atom is -0.0622 e. The fourth-order valence-corrected chi connectivity index (χ4v) is 9.39. The SMILES string of the molecule is CC1(C)c2ccccc2-c2cc(-c3c4ccccc4c(C=Cc4ccccc4)c4ccc(-c5ccc6c(c5)C(C)(C)c5ccccc5-6)cc34)ccc21. The van der Waals surface area contributed by atoms with Crippen LogP contribution in [0.25, 0.3) is 78.2 Å². The lowest BCUT2D eigenvalue weighted by molar-refractivity contribution is 0.660. The average molecular weight is 665 g/mol. The summed E-state index contributed by atoms with van der Waals surface area (Å²) >= 11 is 0. The Morgan fingerprint density at radius 3 is 1.65 bits per heavy atom. The van der Waals surface area contributed by atoms with Gasteiger partial charge in [0.05, 0.1) is 0 Å². The van der Waals surface area contributed by atoms with E-state index in [0.717, 1.165) is 0 Å². The van der Waals surface area contributed by atoms with E-state index >= 15 is 0 Å². The molecule has 0 saturated carbocycles. The average Bonchev–Trinajstić information content (AvgIpc) is 3.55. The molecule has 10 rings (SSSR count).